The van der Waals surface area contributed by atoms with Gasteiger partial charge in [0.15, 0.2) is 0 Å². The van der Waals surface area contributed by atoms with E-state index in [9.17, 15) is 9.59 Å². The Morgan fingerprint density at radius 2 is 2.10 bits per heavy atom. The van der Waals surface area contributed by atoms with Crippen LogP contribution in [0.15, 0.2) is 30.3 Å². The molecule has 1 aromatic rings. The third kappa shape index (κ3) is 4.14. The molecule has 0 aromatic heterocycles. The van der Waals surface area contributed by atoms with Crippen LogP contribution < -0.4 is 4.90 Å². The molecule has 2 amide bonds. The van der Waals surface area contributed by atoms with Crippen molar-refractivity contribution in [2.24, 2.45) is 0 Å². The first-order chi connectivity index (χ1) is 10.1. The number of benzene rings is 1. The van der Waals surface area contributed by atoms with Crippen molar-refractivity contribution in [2.45, 2.75) is 19.4 Å². The second-order valence-electron chi connectivity index (χ2n) is 5.03. The summed E-state index contributed by atoms with van der Waals surface area (Å²) < 4.78 is 0. The van der Waals surface area contributed by atoms with E-state index in [1.165, 1.54) is 0 Å². The molecule has 5 nitrogen and oxygen atoms in total. The molecule has 0 saturated carbocycles. The van der Waals surface area contributed by atoms with Crippen molar-refractivity contribution in [1.29, 1.82) is 0 Å². The summed E-state index contributed by atoms with van der Waals surface area (Å²) in [6.07, 6.45) is -0.0579. The van der Waals surface area contributed by atoms with Crippen molar-refractivity contribution in [3.63, 3.8) is 0 Å². The lowest BCUT2D eigenvalue weighted by Crippen LogP contribution is -2.51. The lowest BCUT2D eigenvalue weighted by Gasteiger charge is -2.37. The monoisotopic (exact) mass is 308 g/mol. The molecule has 1 heterocycles. The third-order valence-corrected chi connectivity index (χ3v) is 4.65. The average Bonchev–Trinajstić information content (AvgIpc) is 2.48. The van der Waals surface area contributed by atoms with Crippen LogP contribution in [-0.4, -0.2) is 52.6 Å². The number of carbonyl (C=O) groups is 2. The van der Waals surface area contributed by atoms with E-state index in [0.29, 0.717) is 6.54 Å². The number of para-hydroxylation sites is 1. The molecule has 2 rings (SSSR count). The van der Waals surface area contributed by atoms with Crippen LogP contribution in [-0.2, 0) is 4.79 Å². The number of hydrogen-bond donors (Lipinski definition) is 1. The number of hydrogen-bond acceptors (Lipinski definition) is 3. The van der Waals surface area contributed by atoms with E-state index < -0.39 is 5.97 Å². The Bertz CT molecular complexity index is 495. The summed E-state index contributed by atoms with van der Waals surface area (Å²) in [6.45, 7) is 2.93. The summed E-state index contributed by atoms with van der Waals surface area (Å²) in [5, 5.41) is 8.90. The van der Waals surface area contributed by atoms with E-state index in [-0.39, 0.29) is 25.0 Å². The first-order valence-corrected chi connectivity index (χ1v) is 8.18. The van der Waals surface area contributed by atoms with Crippen LogP contribution in [0.3, 0.4) is 0 Å². The van der Waals surface area contributed by atoms with Crippen molar-refractivity contribution in [1.82, 2.24) is 4.90 Å². The second kappa shape index (κ2) is 7.36. The molecule has 21 heavy (non-hydrogen) atoms. The van der Waals surface area contributed by atoms with Crippen molar-refractivity contribution in [3.8, 4) is 0 Å². The van der Waals surface area contributed by atoms with Gasteiger partial charge in [-0.1, -0.05) is 18.2 Å². The molecular formula is C15H20N2O3S. The maximum absolute atomic E-state index is 12.8. The summed E-state index contributed by atoms with van der Waals surface area (Å²) in [7, 11) is 0. The number of carbonyl (C=O) groups excluding carboxylic acids is 1. The lowest BCUT2D eigenvalue weighted by atomic mass is 10.2. The molecule has 0 radical (unpaired) electrons. The minimum Gasteiger partial charge on any atom is -0.481 e. The number of thioether (sulfide) groups is 1. The first-order valence-electron chi connectivity index (χ1n) is 7.02. The van der Waals surface area contributed by atoms with Gasteiger partial charge in [-0.15, -0.1) is 0 Å². The zero-order valence-electron chi connectivity index (χ0n) is 12.1. The van der Waals surface area contributed by atoms with Gasteiger partial charge in [0.2, 0.25) is 0 Å². The Balaban J connectivity index is 2.17. The van der Waals surface area contributed by atoms with Gasteiger partial charge in [-0.05, 0) is 19.1 Å². The third-order valence-electron chi connectivity index (χ3n) is 3.46. The van der Waals surface area contributed by atoms with E-state index in [0.717, 1.165) is 17.2 Å². The number of anilines is 1. The zero-order valence-corrected chi connectivity index (χ0v) is 12.9. The van der Waals surface area contributed by atoms with E-state index in [1.54, 1.807) is 4.90 Å². The van der Waals surface area contributed by atoms with E-state index in [4.69, 9.17) is 5.11 Å². The van der Waals surface area contributed by atoms with E-state index in [2.05, 4.69) is 0 Å². The summed E-state index contributed by atoms with van der Waals surface area (Å²) in [6, 6.07) is 9.33. The van der Waals surface area contributed by atoms with E-state index in [1.807, 2.05) is 53.9 Å². The molecule has 0 spiro atoms. The minimum atomic E-state index is -0.897. The molecule has 1 atom stereocenters. The fourth-order valence-corrected chi connectivity index (χ4v) is 3.33. The molecule has 1 aromatic carbocycles. The molecule has 1 aliphatic heterocycles. The number of aliphatic carboxylic acids is 1. The Kier molecular flexibility index (Phi) is 5.50. The maximum atomic E-state index is 12.8. The molecule has 114 valence electrons. The Labute approximate surface area is 128 Å². The molecule has 0 aliphatic carbocycles. The predicted octanol–water partition coefficient (Wildman–Crippen LogP) is 2.53. The van der Waals surface area contributed by atoms with Gasteiger partial charge >= 0.3 is 12.0 Å². The van der Waals surface area contributed by atoms with Gasteiger partial charge in [0.1, 0.15) is 0 Å². The van der Waals surface area contributed by atoms with Crippen LogP contribution in [0.25, 0.3) is 0 Å². The SMILES string of the molecule is CC1CSCCN1C(=O)N(CCC(=O)O)c1ccccc1. The topological polar surface area (TPSA) is 60.9 Å². The highest BCUT2D eigenvalue weighted by Crippen LogP contribution is 2.21. The van der Waals surface area contributed by atoms with Crippen molar-refractivity contribution >= 4 is 29.4 Å². The number of urea groups is 1. The normalized spacial score (nSPS) is 18.3. The lowest BCUT2D eigenvalue weighted by molar-refractivity contribution is -0.136. The molecular weight excluding hydrogens is 288 g/mol. The highest BCUT2D eigenvalue weighted by atomic mass is 32.2. The fraction of sp³-hybridized carbons (Fsp3) is 0.467. The molecule has 1 aliphatic rings. The Morgan fingerprint density at radius 3 is 2.71 bits per heavy atom. The fourth-order valence-electron chi connectivity index (χ4n) is 2.32. The number of amides is 2. The van der Waals surface area contributed by atoms with Crippen molar-refractivity contribution < 1.29 is 14.7 Å². The summed E-state index contributed by atoms with van der Waals surface area (Å²) >= 11 is 1.84. The standard InChI is InChI=1S/C15H20N2O3S/c1-12-11-21-10-9-16(12)15(20)17(8-7-14(18)19)13-5-3-2-4-6-13/h2-6,12H,7-11H2,1H3,(H,18,19). The highest BCUT2D eigenvalue weighted by molar-refractivity contribution is 7.99. The van der Waals surface area contributed by atoms with Crippen LogP contribution in [0.2, 0.25) is 0 Å². The van der Waals surface area contributed by atoms with Gasteiger partial charge in [0, 0.05) is 36.3 Å². The predicted molar refractivity (Wildman–Crippen MR) is 84.9 cm³/mol. The van der Waals surface area contributed by atoms with Gasteiger partial charge < -0.3 is 10.0 Å². The van der Waals surface area contributed by atoms with Gasteiger partial charge in [0.25, 0.3) is 0 Å². The Hall–Kier alpha value is -1.69. The number of nitrogens with zero attached hydrogens (tertiary/aromatic N) is 2. The van der Waals surface area contributed by atoms with E-state index >= 15 is 0 Å². The molecule has 1 N–H and O–H groups in total. The average molecular weight is 308 g/mol. The van der Waals surface area contributed by atoms with Gasteiger partial charge in [-0.25, -0.2) is 4.79 Å². The van der Waals surface area contributed by atoms with Gasteiger partial charge in [0.05, 0.1) is 6.42 Å². The molecule has 0 bridgehead atoms. The Morgan fingerprint density at radius 1 is 1.38 bits per heavy atom. The summed E-state index contributed by atoms with van der Waals surface area (Å²) in [5.41, 5.74) is 0.745. The smallest absolute Gasteiger partial charge is 0.324 e. The minimum absolute atomic E-state index is 0.0579. The van der Waals surface area contributed by atoms with Crippen LogP contribution in [0.4, 0.5) is 10.5 Å². The summed E-state index contributed by atoms with van der Waals surface area (Å²) in [5.74, 6) is 0.955. The number of carboxylic acids is 1. The molecule has 6 heteroatoms. The van der Waals surface area contributed by atoms with Crippen LogP contribution in [0.5, 0.6) is 0 Å². The van der Waals surface area contributed by atoms with Crippen LogP contribution in [0, 0.1) is 0 Å². The van der Waals surface area contributed by atoms with Crippen LogP contribution in [0.1, 0.15) is 13.3 Å². The highest BCUT2D eigenvalue weighted by Gasteiger charge is 2.28. The largest absolute Gasteiger partial charge is 0.481 e. The van der Waals surface area contributed by atoms with Gasteiger partial charge in [-0.2, -0.15) is 11.8 Å². The maximum Gasteiger partial charge on any atom is 0.324 e. The second-order valence-corrected chi connectivity index (χ2v) is 6.18. The number of carboxylic acid groups (broad SMARTS) is 1. The number of rotatable bonds is 4. The quantitative estimate of drug-likeness (QED) is 0.928. The van der Waals surface area contributed by atoms with Crippen molar-refractivity contribution in [2.75, 3.05) is 29.5 Å². The summed E-state index contributed by atoms with van der Waals surface area (Å²) in [4.78, 5) is 27.0. The molecule has 1 fully saturated rings. The van der Waals surface area contributed by atoms with Crippen molar-refractivity contribution in [3.05, 3.63) is 30.3 Å². The molecule has 1 saturated heterocycles. The zero-order chi connectivity index (χ0) is 15.2. The van der Waals surface area contributed by atoms with Gasteiger partial charge in [-0.3, -0.25) is 9.69 Å². The first kappa shape index (κ1) is 15.7. The van der Waals surface area contributed by atoms with Crippen LogP contribution >= 0.6 is 11.8 Å². The molecule has 1 unspecified atom stereocenters.